The number of rotatable bonds is 5. The lowest BCUT2D eigenvalue weighted by molar-refractivity contribution is -0.124. The fourth-order valence-corrected chi connectivity index (χ4v) is 3.05. The molecule has 2 atom stereocenters. The second-order valence-corrected chi connectivity index (χ2v) is 5.90. The average Bonchev–Trinajstić information content (AvgIpc) is 2.94. The highest BCUT2D eigenvalue weighted by Crippen LogP contribution is 2.19. The van der Waals surface area contributed by atoms with Gasteiger partial charge in [0.05, 0.1) is 12.6 Å². The molecule has 1 fully saturated rings. The number of carboxylic acids is 1. The van der Waals surface area contributed by atoms with Crippen LogP contribution in [-0.4, -0.2) is 34.6 Å². The third-order valence-corrected chi connectivity index (χ3v) is 4.44. The maximum Gasteiger partial charge on any atom is 0.355 e. The summed E-state index contributed by atoms with van der Waals surface area (Å²) in [5, 5.41) is 16.9. The largest absolute Gasteiger partial charge is 0.476 e. The van der Waals surface area contributed by atoms with Gasteiger partial charge in [-0.15, -0.1) is 11.3 Å². The Hall–Kier alpha value is -1.47. The van der Waals surface area contributed by atoms with Crippen LogP contribution in [0, 0.1) is 5.92 Å². The number of nitrogens with one attached hydrogen (secondary N) is 2. The minimum atomic E-state index is -1.04. The molecule has 2 rings (SSSR count). The highest BCUT2D eigenvalue weighted by Gasteiger charge is 2.25. The average molecular weight is 297 g/mol. The molecule has 1 aliphatic rings. The van der Waals surface area contributed by atoms with Crippen LogP contribution in [-0.2, 0) is 11.3 Å². The summed E-state index contributed by atoms with van der Waals surface area (Å²) >= 11 is 1.24. The van der Waals surface area contributed by atoms with Gasteiger partial charge in [0, 0.05) is 5.38 Å². The minimum Gasteiger partial charge on any atom is -0.476 e. The lowest BCUT2D eigenvalue weighted by atomic mass is 9.90. The van der Waals surface area contributed by atoms with E-state index in [4.69, 9.17) is 5.11 Å². The zero-order valence-corrected chi connectivity index (χ0v) is 12.2. The van der Waals surface area contributed by atoms with Crippen molar-refractivity contribution >= 4 is 23.2 Å². The highest BCUT2D eigenvalue weighted by molar-refractivity contribution is 7.09. The van der Waals surface area contributed by atoms with Crippen molar-refractivity contribution in [1.82, 2.24) is 15.6 Å². The van der Waals surface area contributed by atoms with Crippen molar-refractivity contribution in [1.29, 1.82) is 0 Å². The van der Waals surface area contributed by atoms with Crippen LogP contribution in [0.5, 0.6) is 0 Å². The van der Waals surface area contributed by atoms with Gasteiger partial charge in [0.1, 0.15) is 5.01 Å². The number of hydrogen-bond donors (Lipinski definition) is 3. The van der Waals surface area contributed by atoms with E-state index in [1.54, 1.807) is 0 Å². The highest BCUT2D eigenvalue weighted by atomic mass is 32.1. The number of carbonyl (C=O) groups excluding carboxylic acids is 1. The lowest BCUT2D eigenvalue weighted by Gasteiger charge is -2.28. The van der Waals surface area contributed by atoms with Gasteiger partial charge >= 0.3 is 5.97 Å². The summed E-state index contributed by atoms with van der Waals surface area (Å²) in [6, 6.07) is -0.146. The van der Waals surface area contributed by atoms with Gasteiger partial charge < -0.3 is 15.7 Å². The molecule has 1 amide bonds. The van der Waals surface area contributed by atoms with Gasteiger partial charge in [-0.05, 0) is 25.3 Å². The van der Waals surface area contributed by atoms with Crippen molar-refractivity contribution in [2.75, 3.05) is 6.54 Å². The van der Waals surface area contributed by atoms with E-state index in [0.717, 1.165) is 25.8 Å². The summed E-state index contributed by atoms with van der Waals surface area (Å²) in [5.41, 5.74) is 0.0288. The predicted molar refractivity (Wildman–Crippen MR) is 75.7 cm³/mol. The molecule has 0 bridgehead atoms. The quantitative estimate of drug-likeness (QED) is 0.760. The molecular weight excluding hydrogens is 278 g/mol. The van der Waals surface area contributed by atoms with E-state index < -0.39 is 5.97 Å². The van der Waals surface area contributed by atoms with Crippen LogP contribution in [0.1, 0.15) is 41.7 Å². The van der Waals surface area contributed by atoms with E-state index in [9.17, 15) is 9.59 Å². The van der Waals surface area contributed by atoms with E-state index in [1.165, 1.54) is 16.7 Å². The Kier molecular flexibility index (Phi) is 5.08. The second kappa shape index (κ2) is 6.81. The number of hydrogen-bond acceptors (Lipinski definition) is 5. The number of carbonyl (C=O) groups is 2. The van der Waals surface area contributed by atoms with Crippen LogP contribution in [0.4, 0.5) is 0 Å². The first kappa shape index (κ1) is 14.9. The van der Waals surface area contributed by atoms with Gasteiger partial charge in [-0.2, -0.15) is 0 Å². The molecule has 20 heavy (non-hydrogen) atoms. The van der Waals surface area contributed by atoms with Crippen LogP contribution >= 0.6 is 11.3 Å². The third kappa shape index (κ3) is 3.77. The van der Waals surface area contributed by atoms with E-state index in [-0.39, 0.29) is 24.2 Å². The number of amides is 1. The first-order valence-electron chi connectivity index (χ1n) is 6.79. The van der Waals surface area contributed by atoms with Crippen LogP contribution in [0.25, 0.3) is 0 Å². The molecule has 110 valence electrons. The number of carboxylic acid groups (broad SMARTS) is 1. The van der Waals surface area contributed by atoms with E-state index >= 15 is 0 Å². The van der Waals surface area contributed by atoms with Crippen LogP contribution in [0.3, 0.4) is 0 Å². The van der Waals surface area contributed by atoms with Gasteiger partial charge in [-0.25, -0.2) is 9.78 Å². The van der Waals surface area contributed by atoms with Crippen LogP contribution in [0.15, 0.2) is 5.38 Å². The number of piperidine rings is 1. The zero-order valence-electron chi connectivity index (χ0n) is 11.4. The minimum absolute atomic E-state index is 0.0288. The molecule has 2 unspecified atom stereocenters. The zero-order chi connectivity index (χ0) is 14.5. The van der Waals surface area contributed by atoms with Crippen molar-refractivity contribution in [3.05, 3.63) is 16.1 Å². The molecule has 0 saturated carbocycles. The topological polar surface area (TPSA) is 91.3 Å². The van der Waals surface area contributed by atoms with E-state index in [0.29, 0.717) is 10.9 Å². The molecule has 1 aliphatic heterocycles. The van der Waals surface area contributed by atoms with Gasteiger partial charge in [0.25, 0.3) is 0 Å². The summed E-state index contributed by atoms with van der Waals surface area (Å²) in [6.07, 6.45) is 3.08. The first-order valence-corrected chi connectivity index (χ1v) is 7.67. The first-order chi connectivity index (χ1) is 9.60. The maximum absolute atomic E-state index is 12.1. The maximum atomic E-state index is 12.1. The Bertz CT molecular complexity index is 489. The molecule has 0 radical (unpaired) electrons. The second-order valence-electron chi connectivity index (χ2n) is 4.95. The molecule has 1 saturated heterocycles. The van der Waals surface area contributed by atoms with Gasteiger partial charge in [-0.1, -0.05) is 13.3 Å². The molecule has 0 aromatic carbocycles. The smallest absolute Gasteiger partial charge is 0.355 e. The molecule has 3 N–H and O–H groups in total. The van der Waals surface area contributed by atoms with Crippen molar-refractivity contribution < 1.29 is 14.7 Å². The molecule has 7 heteroatoms. The van der Waals surface area contributed by atoms with Crippen LogP contribution in [0.2, 0.25) is 0 Å². The molecule has 2 heterocycles. The van der Waals surface area contributed by atoms with Crippen molar-refractivity contribution in [2.24, 2.45) is 5.92 Å². The lowest BCUT2D eigenvalue weighted by Crippen LogP contribution is -2.48. The number of nitrogens with zero attached hydrogens (tertiary/aromatic N) is 1. The van der Waals surface area contributed by atoms with Crippen molar-refractivity contribution in [3.63, 3.8) is 0 Å². The number of aromatic carboxylic acids is 1. The SMILES string of the molecule is CCC1CCNC(C(=O)NCc2nc(C(=O)O)cs2)C1. The third-order valence-electron chi connectivity index (χ3n) is 3.59. The Labute approximate surface area is 121 Å². The summed E-state index contributed by atoms with van der Waals surface area (Å²) in [7, 11) is 0. The molecule has 0 aliphatic carbocycles. The molecule has 1 aromatic rings. The molecular formula is C13H19N3O3S. The van der Waals surface area contributed by atoms with Crippen molar-refractivity contribution in [2.45, 2.75) is 38.8 Å². The molecule has 6 nitrogen and oxygen atoms in total. The molecule has 0 spiro atoms. The van der Waals surface area contributed by atoms with Gasteiger partial charge in [0.15, 0.2) is 5.69 Å². The fraction of sp³-hybridized carbons (Fsp3) is 0.615. The summed E-state index contributed by atoms with van der Waals surface area (Å²) in [4.78, 5) is 26.7. The molecule has 1 aromatic heterocycles. The Balaban J connectivity index is 1.83. The summed E-state index contributed by atoms with van der Waals surface area (Å²) in [5.74, 6) is -0.473. The van der Waals surface area contributed by atoms with E-state index in [2.05, 4.69) is 22.5 Å². The van der Waals surface area contributed by atoms with Crippen molar-refractivity contribution in [3.8, 4) is 0 Å². The number of aromatic nitrogens is 1. The Morgan fingerprint density at radius 2 is 2.40 bits per heavy atom. The summed E-state index contributed by atoms with van der Waals surface area (Å²) < 4.78 is 0. The number of thiazole rings is 1. The monoisotopic (exact) mass is 297 g/mol. The fourth-order valence-electron chi connectivity index (χ4n) is 2.34. The van der Waals surface area contributed by atoms with Crippen LogP contribution < -0.4 is 10.6 Å². The predicted octanol–water partition coefficient (Wildman–Crippen LogP) is 1.24. The Morgan fingerprint density at radius 3 is 3.05 bits per heavy atom. The Morgan fingerprint density at radius 1 is 1.60 bits per heavy atom. The van der Waals surface area contributed by atoms with Gasteiger partial charge in [-0.3, -0.25) is 4.79 Å². The van der Waals surface area contributed by atoms with E-state index in [1.807, 2.05) is 0 Å². The normalized spacial score (nSPS) is 22.4. The summed E-state index contributed by atoms with van der Waals surface area (Å²) in [6.45, 7) is 3.30. The standard InChI is InChI=1S/C13H19N3O3S/c1-2-8-3-4-14-9(5-8)12(17)15-6-11-16-10(7-20-11)13(18)19/h7-9,14H,2-6H2,1H3,(H,15,17)(H,18,19). The van der Waals surface area contributed by atoms with Gasteiger partial charge in [0.2, 0.25) is 5.91 Å².